The zero-order chi connectivity index (χ0) is 11.4. The second-order valence-electron chi connectivity index (χ2n) is 5.33. The molecule has 16 heavy (non-hydrogen) atoms. The number of nitrogens with zero attached hydrogens (tertiary/aromatic N) is 2. The van der Waals surface area contributed by atoms with Gasteiger partial charge in [-0.05, 0) is 24.7 Å². The first-order valence-electron chi connectivity index (χ1n) is 6.50. The molecule has 3 heteroatoms. The molecule has 0 atom stereocenters. The summed E-state index contributed by atoms with van der Waals surface area (Å²) in [6.45, 7) is 6.58. The average molecular weight is 221 g/mol. The van der Waals surface area contributed by atoms with Gasteiger partial charge in [0.1, 0.15) is 0 Å². The minimum atomic E-state index is 0.664. The summed E-state index contributed by atoms with van der Waals surface area (Å²) >= 11 is 0. The highest BCUT2D eigenvalue weighted by molar-refractivity contribution is 5.25. The zero-order valence-corrected chi connectivity index (χ0v) is 10.4. The molecule has 0 saturated heterocycles. The van der Waals surface area contributed by atoms with Crippen molar-refractivity contribution in [2.24, 2.45) is 11.8 Å². The van der Waals surface area contributed by atoms with Crippen molar-refractivity contribution >= 4 is 5.95 Å². The Morgan fingerprint density at radius 2 is 2.19 bits per heavy atom. The maximum Gasteiger partial charge on any atom is 0.202 e. The first kappa shape index (κ1) is 11.5. The fourth-order valence-corrected chi connectivity index (χ4v) is 2.39. The van der Waals surface area contributed by atoms with Crippen molar-refractivity contribution in [3.63, 3.8) is 0 Å². The number of imidazole rings is 1. The predicted molar refractivity (Wildman–Crippen MR) is 67.5 cm³/mol. The molecule has 1 aromatic rings. The number of aromatic nitrogens is 2. The van der Waals surface area contributed by atoms with Gasteiger partial charge in [-0.3, -0.25) is 0 Å². The lowest BCUT2D eigenvalue weighted by molar-refractivity contribution is 0.459. The van der Waals surface area contributed by atoms with Crippen LogP contribution in [0, 0.1) is 11.8 Å². The Morgan fingerprint density at radius 1 is 1.44 bits per heavy atom. The van der Waals surface area contributed by atoms with Crippen LogP contribution in [0.4, 0.5) is 5.95 Å². The smallest absolute Gasteiger partial charge is 0.202 e. The fourth-order valence-electron chi connectivity index (χ4n) is 2.39. The lowest BCUT2D eigenvalue weighted by atomic mass is 10.1. The van der Waals surface area contributed by atoms with Crippen LogP contribution in [-0.4, -0.2) is 16.1 Å². The van der Waals surface area contributed by atoms with E-state index >= 15 is 0 Å². The van der Waals surface area contributed by atoms with Crippen LogP contribution in [0.25, 0.3) is 0 Å². The van der Waals surface area contributed by atoms with Crippen molar-refractivity contribution < 1.29 is 0 Å². The molecule has 1 aliphatic carbocycles. The molecule has 0 amide bonds. The van der Waals surface area contributed by atoms with Gasteiger partial charge in [0.2, 0.25) is 5.95 Å². The molecule has 0 unspecified atom stereocenters. The highest BCUT2D eigenvalue weighted by Crippen LogP contribution is 2.26. The van der Waals surface area contributed by atoms with Crippen LogP contribution < -0.4 is 5.32 Å². The molecule has 90 valence electrons. The van der Waals surface area contributed by atoms with E-state index in [0.717, 1.165) is 25.0 Å². The van der Waals surface area contributed by atoms with Crippen LogP contribution in [0.1, 0.15) is 39.5 Å². The minimum absolute atomic E-state index is 0.664. The lowest BCUT2D eigenvalue weighted by Crippen LogP contribution is -2.15. The quantitative estimate of drug-likeness (QED) is 0.827. The molecule has 1 fully saturated rings. The highest BCUT2D eigenvalue weighted by Gasteiger charge is 2.16. The van der Waals surface area contributed by atoms with Crippen LogP contribution in [0.5, 0.6) is 0 Å². The van der Waals surface area contributed by atoms with E-state index in [-0.39, 0.29) is 0 Å². The maximum atomic E-state index is 4.38. The van der Waals surface area contributed by atoms with E-state index in [1.54, 1.807) is 0 Å². The van der Waals surface area contributed by atoms with Crippen LogP contribution in [0.2, 0.25) is 0 Å². The lowest BCUT2D eigenvalue weighted by Gasteiger charge is -2.14. The Bertz CT molecular complexity index is 311. The Labute approximate surface area is 98.3 Å². The summed E-state index contributed by atoms with van der Waals surface area (Å²) in [5.41, 5.74) is 0. The monoisotopic (exact) mass is 221 g/mol. The number of hydrogen-bond acceptors (Lipinski definition) is 2. The van der Waals surface area contributed by atoms with Crippen molar-refractivity contribution in [1.29, 1.82) is 0 Å². The molecule has 1 aromatic heterocycles. The number of nitrogens with one attached hydrogen (secondary N) is 1. The Balaban J connectivity index is 1.90. The molecular weight excluding hydrogens is 198 g/mol. The van der Waals surface area contributed by atoms with E-state index in [0.29, 0.717) is 5.92 Å². The third kappa shape index (κ3) is 3.00. The standard InChI is InChI=1S/C13H23N3/c1-11(2)9-15-13-14-7-8-16(13)10-12-5-3-4-6-12/h7-8,11-12H,3-6,9-10H2,1-2H3,(H,14,15). The highest BCUT2D eigenvalue weighted by atomic mass is 15.2. The second-order valence-corrected chi connectivity index (χ2v) is 5.33. The first-order chi connectivity index (χ1) is 7.75. The van der Waals surface area contributed by atoms with Gasteiger partial charge in [-0.2, -0.15) is 0 Å². The molecule has 1 N–H and O–H groups in total. The van der Waals surface area contributed by atoms with Crippen LogP contribution in [0.3, 0.4) is 0 Å². The average Bonchev–Trinajstić information content (AvgIpc) is 2.87. The van der Waals surface area contributed by atoms with Crippen molar-refractivity contribution in [2.45, 2.75) is 46.1 Å². The van der Waals surface area contributed by atoms with Gasteiger partial charge < -0.3 is 9.88 Å². The summed E-state index contributed by atoms with van der Waals surface area (Å²) in [6, 6.07) is 0. The number of rotatable bonds is 5. The molecule has 2 rings (SSSR count). The van der Waals surface area contributed by atoms with Crippen LogP contribution in [-0.2, 0) is 6.54 Å². The van der Waals surface area contributed by atoms with Gasteiger partial charge in [0.15, 0.2) is 0 Å². The molecule has 0 aromatic carbocycles. The van der Waals surface area contributed by atoms with E-state index in [1.807, 2.05) is 6.20 Å². The molecular formula is C13H23N3. The Kier molecular flexibility index (Phi) is 3.86. The van der Waals surface area contributed by atoms with Gasteiger partial charge in [-0.1, -0.05) is 26.7 Å². The largest absolute Gasteiger partial charge is 0.355 e. The topological polar surface area (TPSA) is 29.9 Å². The van der Waals surface area contributed by atoms with E-state index < -0.39 is 0 Å². The number of anilines is 1. The summed E-state index contributed by atoms with van der Waals surface area (Å²) in [4.78, 5) is 4.38. The van der Waals surface area contributed by atoms with Gasteiger partial charge in [-0.25, -0.2) is 4.98 Å². The van der Waals surface area contributed by atoms with Gasteiger partial charge in [-0.15, -0.1) is 0 Å². The molecule has 0 aliphatic heterocycles. The van der Waals surface area contributed by atoms with Gasteiger partial charge in [0.25, 0.3) is 0 Å². The van der Waals surface area contributed by atoms with Crippen molar-refractivity contribution in [3.8, 4) is 0 Å². The molecule has 0 bridgehead atoms. The summed E-state index contributed by atoms with van der Waals surface area (Å²) in [5.74, 6) is 2.58. The minimum Gasteiger partial charge on any atom is -0.355 e. The fraction of sp³-hybridized carbons (Fsp3) is 0.769. The van der Waals surface area contributed by atoms with Gasteiger partial charge >= 0.3 is 0 Å². The summed E-state index contributed by atoms with van der Waals surface area (Å²) in [6.07, 6.45) is 9.60. The van der Waals surface area contributed by atoms with Crippen molar-refractivity contribution in [3.05, 3.63) is 12.4 Å². The molecule has 0 radical (unpaired) electrons. The van der Waals surface area contributed by atoms with Gasteiger partial charge in [0.05, 0.1) is 0 Å². The van der Waals surface area contributed by atoms with Crippen molar-refractivity contribution in [1.82, 2.24) is 9.55 Å². The van der Waals surface area contributed by atoms with Gasteiger partial charge in [0, 0.05) is 25.5 Å². The normalized spacial score (nSPS) is 17.2. The Morgan fingerprint density at radius 3 is 2.88 bits per heavy atom. The maximum absolute atomic E-state index is 4.38. The third-order valence-electron chi connectivity index (χ3n) is 3.31. The van der Waals surface area contributed by atoms with E-state index in [1.165, 1.54) is 25.7 Å². The molecule has 1 heterocycles. The summed E-state index contributed by atoms with van der Waals surface area (Å²) in [7, 11) is 0. The predicted octanol–water partition coefficient (Wildman–Crippen LogP) is 3.14. The number of hydrogen-bond donors (Lipinski definition) is 1. The molecule has 1 aliphatic rings. The SMILES string of the molecule is CC(C)CNc1nccn1CC1CCCC1. The summed E-state index contributed by atoms with van der Waals surface area (Å²) < 4.78 is 2.28. The van der Waals surface area contributed by atoms with Crippen LogP contribution in [0.15, 0.2) is 12.4 Å². The molecule has 3 nitrogen and oxygen atoms in total. The molecule has 0 spiro atoms. The third-order valence-corrected chi connectivity index (χ3v) is 3.31. The zero-order valence-electron chi connectivity index (χ0n) is 10.4. The first-order valence-corrected chi connectivity index (χ1v) is 6.50. The molecule has 1 saturated carbocycles. The summed E-state index contributed by atoms with van der Waals surface area (Å²) in [5, 5.41) is 3.42. The van der Waals surface area contributed by atoms with E-state index in [2.05, 4.69) is 34.9 Å². The van der Waals surface area contributed by atoms with Crippen LogP contribution >= 0.6 is 0 Å². The Hall–Kier alpha value is -0.990. The second kappa shape index (κ2) is 5.37. The van der Waals surface area contributed by atoms with E-state index in [4.69, 9.17) is 0 Å². The van der Waals surface area contributed by atoms with Crippen molar-refractivity contribution in [2.75, 3.05) is 11.9 Å². The van der Waals surface area contributed by atoms with E-state index in [9.17, 15) is 0 Å².